The van der Waals surface area contributed by atoms with Crippen molar-refractivity contribution in [3.8, 4) is 11.5 Å². The Morgan fingerprint density at radius 1 is 1.34 bits per heavy atom. The summed E-state index contributed by atoms with van der Waals surface area (Å²) in [6.45, 7) is 4.05. The van der Waals surface area contributed by atoms with Gasteiger partial charge in [-0.3, -0.25) is 4.68 Å². The van der Waals surface area contributed by atoms with Gasteiger partial charge in [-0.1, -0.05) is 11.6 Å². The number of nitrogens with zero attached hydrogens (tertiary/aromatic N) is 6. The highest BCUT2D eigenvalue weighted by molar-refractivity contribution is 6.31. The number of nitrogens with one attached hydrogen (secondary N) is 1. The molecule has 0 spiro atoms. The summed E-state index contributed by atoms with van der Waals surface area (Å²) in [5.41, 5.74) is 3.39. The zero-order chi connectivity index (χ0) is 20.1. The van der Waals surface area contributed by atoms with Crippen molar-refractivity contribution in [3.05, 3.63) is 46.6 Å². The third-order valence-electron chi connectivity index (χ3n) is 5.51. The number of halogens is 2. The lowest BCUT2D eigenvalue weighted by Crippen LogP contribution is -2.44. The van der Waals surface area contributed by atoms with Crippen LogP contribution >= 0.6 is 11.6 Å². The fourth-order valence-electron chi connectivity index (χ4n) is 4.04. The van der Waals surface area contributed by atoms with Crippen LogP contribution in [0, 0.1) is 5.82 Å². The standard InChI is InChI=1S/C19H19ClFN7O/c1-11-7-16-13(17-18-24-22-10-26(18)5-2-6-28(17)25-16)9-27(11)19(29)23-12-3-4-15(21)14(20)8-12/h3-4,8,10-11H,2,5-7,9H2,1H3,(H,23,29)/t11-/m1/s1. The molecule has 5 rings (SSSR count). The molecule has 2 amide bonds. The summed E-state index contributed by atoms with van der Waals surface area (Å²) in [5.74, 6) is 0.267. The fourth-order valence-corrected chi connectivity index (χ4v) is 4.22. The monoisotopic (exact) mass is 415 g/mol. The van der Waals surface area contributed by atoms with E-state index in [-0.39, 0.29) is 17.1 Å². The van der Waals surface area contributed by atoms with Crippen molar-refractivity contribution in [1.29, 1.82) is 0 Å². The van der Waals surface area contributed by atoms with Crippen molar-refractivity contribution in [2.75, 3.05) is 5.32 Å². The zero-order valence-corrected chi connectivity index (χ0v) is 16.5. The van der Waals surface area contributed by atoms with Gasteiger partial charge in [0.05, 0.1) is 17.3 Å². The lowest BCUT2D eigenvalue weighted by atomic mass is 9.99. The number of hydrogen-bond donors (Lipinski definition) is 1. The Balaban J connectivity index is 1.46. The van der Waals surface area contributed by atoms with Gasteiger partial charge in [0.15, 0.2) is 5.82 Å². The van der Waals surface area contributed by atoms with Gasteiger partial charge in [0.2, 0.25) is 0 Å². The van der Waals surface area contributed by atoms with Gasteiger partial charge in [0, 0.05) is 36.8 Å². The van der Waals surface area contributed by atoms with Crippen molar-refractivity contribution >= 4 is 23.3 Å². The first-order valence-electron chi connectivity index (χ1n) is 9.50. The minimum absolute atomic E-state index is 0.0296. The summed E-state index contributed by atoms with van der Waals surface area (Å²) in [6, 6.07) is 3.84. The van der Waals surface area contributed by atoms with E-state index in [1.807, 2.05) is 16.2 Å². The van der Waals surface area contributed by atoms with E-state index in [9.17, 15) is 9.18 Å². The number of urea groups is 1. The first kappa shape index (κ1) is 18.1. The van der Waals surface area contributed by atoms with E-state index in [0.717, 1.165) is 42.3 Å². The molecule has 2 aliphatic rings. The van der Waals surface area contributed by atoms with Crippen LogP contribution in [0.3, 0.4) is 0 Å². The molecular formula is C19H19ClFN7O. The SMILES string of the molecule is C[C@@H]1Cc2nn3c(c2CN1C(=O)Nc1ccc(F)c(Cl)c1)-c1nncn1CCC3. The number of benzene rings is 1. The summed E-state index contributed by atoms with van der Waals surface area (Å²) >= 11 is 5.83. The summed E-state index contributed by atoms with van der Waals surface area (Å²) in [7, 11) is 0. The van der Waals surface area contributed by atoms with Gasteiger partial charge in [0.25, 0.3) is 0 Å². The van der Waals surface area contributed by atoms with Crippen molar-refractivity contribution < 1.29 is 9.18 Å². The summed E-state index contributed by atoms with van der Waals surface area (Å²) in [6.07, 6.45) is 3.34. The van der Waals surface area contributed by atoms with Crippen molar-refractivity contribution in [1.82, 2.24) is 29.4 Å². The van der Waals surface area contributed by atoms with Crippen molar-refractivity contribution in [2.45, 2.75) is 45.4 Å². The minimum atomic E-state index is -0.521. The number of hydrogen-bond acceptors (Lipinski definition) is 4. The van der Waals surface area contributed by atoms with Crippen LogP contribution < -0.4 is 5.32 Å². The number of aromatic nitrogens is 5. The Bertz CT molecular complexity index is 1110. The van der Waals surface area contributed by atoms with E-state index < -0.39 is 5.82 Å². The molecule has 8 nitrogen and oxygen atoms in total. The Kier molecular flexibility index (Phi) is 4.27. The molecule has 0 aliphatic carbocycles. The molecule has 0 fully saturated rings. The van der Waals surface area contributed by atoms with Gasteiger partial charge in [-0.05, 0) is 31.5 Å². The van der Waals surface area contributed by atoms with Crippen LogP contribution in [0.5, 0.6) is 0 Å². The first-order valence-corrected chi connectivity index (χ1v) is 9.88. The zero-order valence-electron chi connectivity index (χ0n) is 15.8. The second-order valence-electron chi connectivity index (χ2n) is 7.44. The molecule has 29 heavy (non-hydrogen) atoms. The number of amides is 2. The third kappa shape index (κ3) is 3.05. The smallest absolute Gasteiger partial charge is 0.317 e. The molecule has 150 valence electrons. The van der Waals surface area contributed by atoms with Gasteiger partial charge in [0.1, 0.15) is 17.8 Å². The van der Waals surface area contributed by atoms with E-state index in [1.165, 1.54) is 18.2 Å². The van der Waals surface area contributed by atoms with Gasteiger partial charge >= 0.3 is 6.03 Å². The summed E-state index contributed by atoms with van der Waals surface area (Å²) < 4.78 is 17.4. The number of aryl methyl sites for hydroxylation is 2. The molecule has 0 saturated carbocycles. The van der Waals surface area contributed by atoms with Crippen LogP contribution in [0.15, 0.2) is 24.5 Å². The Morgan fingerprint density at radius 3 is 3.03 bits per heavy atom. The quantitative estimate of drug-likeness (QED) is 0.661. The molecule has 1 aromatic carbocycles. The molecule has 2 aliphatic heterocycles. The molecule has 0 radical (unpaired) electrons. The van der Waals surface area contributed by atoms with Crippen LogP contribution in [0.1, 0.15) is 24.6 Å². The maximum atomic E-state index is 13.4. The van der Waals surface area contributed by atoms with Crippen molar-refractivity contribution in [2.24, 2.45) is 0 Å². The maximum absolute atomic E-state index is 13.4. The first-order chi connectivity index (χ1) is 14.0. The third-order valence-corrected chi connectivity index (χ3v) is 5.80. The topological polar surface area (TPSA) is 80.9 Å². The average Bonchev–Trinajstić information content (AvgIpc) is 3.23. The average molecular weight is 416 g/mol. The predicted octanol–water partition coefficient (Wildman–Crippen LogP) is 3.32. The van der Waals surface area contributed by atoms with E-state index in [2.05, 4.69) is 15.5 Å². The van der Waals surface area contributed by atoms with Crippen LogP contribution in [0.25, 0.3) is 11.5 Å². The molecule has 0 saturated heterocycles. The normalized spacial score (nSPS) is 17.9. The highest BCUT2D eigenvalue weighted by Gasteiger charge is 2.34. The van der Waals surface area contributed by atoms with Gasteiger partial charge in [-0.25, -0.2) is 9.18 Å². The molecule has 4 heterocycles. The minimum Gasteiger partial charge on any atom is -0.317 e. The number of fused-ring (bicyclic) bond motifs is 5. The number of anilines is 1. The summed E-state index contributed by atoms with van der Waals surface area (Å²) in [5, 5.41) is 15.9. The molecule has 2 aromatic heterocycles. The number of rotatable bonds is 1. The van der Waals surface area contributed by atoms with Crippen LogP contribution in [-0.4, -0.2) is 41.5 Å². The summed E-state index contributed by atoms with van der Waals surface area (Å²) in [4.78, 5) is 14.7. The van der Waals surface area contributed by atoms with E-state index >= 15 is 0 Å². The fraction of sp³-hybridized carbons (Fsp3) is 0.368. The molecule has 1 N–H and O–H groups in total. The Labute approximate surface area is 171 Å². The van der Waals surface area contributed by atoms with Crippen LogP contribution in [0.4, 0.5) is 14.9 Å². The molecular weight excluding hydrogens is 397 g/mol. The van der Waals surface area contributed by atoms with Gasteiger partial charge in [-0.2, -0.15) is 5.10 Å². The van der Waals surface area contributed by atoms with Crippen LogP contribution in [-0.2, 0) is 26.1 Å². The highest BCUT2D eigenvalue weighted by atomic mass is 35.5. The number of carbonyl (C=O) groups is 1. The van der Waals surface area contributed by atoms with Crippen molar-refractivity contribution in [3.63, 3.8) is 0 Å². The van der Waals surface area contributed by atoms with Gasteiger partial charge in [-0.15, -0.1) is 10.2 Å². The van der Waals surface area contributed by atoms with Crippen LogP contribution in [0.2, 0.25) is 5.02 Å². The second-order valence-corrected chi connectivity index (χ2v) is 7.85. The van der Waals surface area contributed by atoms with E-state index in [4.69, 9.17) is 16.7 Å². The molecule has 3 aromatic rings. The Hall–Kier alpha value is -2.94. The van der Waals surface area contributed by atoms with Gasteiger partial charge < -0.3 is 14.8 Å². The number of carbonyl (C=O) groups excluding carboxylic acids is 1. The maximum Gasteiger partial charge on any atom is 0.322 e. The lowest BCUT2D eigenvalue weighted by molar-refractivity contribution is 0.182. The van der Waals surface area contributed by atoms with E-state index in [0.29, 0.717) is 18.7 Å². The molecule has 10 heteroatoms. The molecule has 1 atom stereocenters. The van der Waals surface area contributed by atoms with E-state index in [1.54, 1.807) is 11.2 Å². The Morgan fingerprint density at radius 2 is 2.21 bits per heavy atom. The highest BCUT2D eigenvalue weighted by Crippen LogP contribution is 2.33. The lowest BCUT2D eigenvalue weighted by Gasteiger charge is -2.33. The molecule has 0 bridgehead atoms. The predicted molar refractivity (Wildman–Crippen MR) is 105 cm³/mol. The largest absolute Gasteiger partial charge is 0.322 e. The second kappa shape index (κ2) is 6.84. The molecule has 0 unspecified atom stereocenters.